The highest BCUT2D eigenvalue weighted by atomic mass is 19.4. The first kappa shape index (κ1) is 21.4. The molecule has 10 heteroatoms. The molecule has 2 amide bonds. The summed E-state index contributed by atoms with van der Waals surface area (Å²) in [5.74, 6) is -0.491. The topological polar surface area (TPSA) is 88.1 Å². The van der Waals surface area contributed by atoms with Crippen molar-refractivity contribution in [1.29, 1.82) is 0 Å². The van der Waals surface area contributed by atoms with Crippen molar-refractivity contribution in [3.8, 4) is 11.5 Å². The minimum atomic E-state index is -4.80. The van der Waals surface area contributed by atoms with E-state index in [0.29, 0.717) is 17.0 Å². The molecule has 2 aromatic carbocycles. The third-order valence-corrected chi connectivity index (χ3v) is 4.36. The number of hydrogen-bond donors (Lipinski definition) is 2. The second-order valence-corrected chi connectivity index (χ2v) is 6.49. The van der Waals surface area contributed by atoms with Crippen molar-refractivity contribution in [2.75, 3.05) is 24.6 Å². The fourth-order valence-electron chi connectivity index (χ4n) is 2.92. The highest BCUT2D eigenvalue weighted by molar-refractivity contribution is 5.98. The Morgan fingerprint density at radius 2 is 1.90 bits per heavy atom. The van der Waals surface area contributed by atoms with Crippen molar-refractivity contribution in [2.24, 2.45) is 0 Å². The monoisotopic (exact) mass is 424 g/mol. The van der Waals surface area contributed by atoms with E-state index in [1.165, 1.54) is 17.0 Å². The van der Waals surface area contributed by atoms with Gasteiger partial charge in [0.05, 0.1) is 11.8 Å². The van der Waals surface area contributed by atoms with Crippen molar-refractivity contribution in [1.82, 2.24) is 5.32 Å². The largest absolute Gasteiger partial charge is 0.573 e. The number of halogens is 3. The number of benzene rings is 2. The average Bonchev–Trinajstić information content (AvgIpc) is 2.70. The Bertz CT molecular complexity index is 902. The van der Waals surface area contributed by atoms with Gasteiger partial charge >= 0.3 is 6.36 Å². The predicted molar refractivity (Wildman–Crippen MR) is 100 cm³/mol. The van der Waals surface area contributed by atoms with Crippen LogP contribution in [-0.4, -0.2) is 43.0 Å². The van der Waals surface area contributed by atoms with Crippen molar-refractivity contribution in [3.63, 3.8) is 0 Å². The summed E-state index contributed by atoms with van der Waals surface area (Å²) in [6, 6.07) is 11.7. The number of hydrogen-bond acceptors (Lipinski definition) is 5. The van der Waals surface area contributed by atoms with Crippen LogP contribution in [0, 0.1) is 0 Å². The number of nitrogens with one attached hydrogen (secondary N) is 1. The molecule has 1 aliphatic heterocycles. The van der Waals surface area contributed by atoms with E-state index in [2.05, 4.69) is 10.1 Å². The molecule has 0 radical (unpaired) electrons. The van der Waals surface area contributed by atoms with E-state index in [1.54, 1.807) is 24.3 Å². The molecule has 160 valence electrons. The highest BCUT2D eigenvalue weighted by Crippen LogP contribution is 2.31. The number of para-hydroxylation sites is 2. The van der Waals surface area contributed by atoms with Crippen molar-refractivity contribution < 1.29 is 37.3 Å². The Kier molecular flexibility index (Phi) is 6.46. The quantitative estimate of drug-likeness (QED) is 0.713. The molecule has 0 aromatic heterocycles. The maximum atomic E-state index is 12.2. The van der Waals surface area contributed by atoms with Gasteiger partial charge in [-0.15, -0.1) is 13.2 Å². The van der Waals surface area contributed by atoms with Crippen LogP contribution in [0.15, 0.2) is 48.5 Å². The molecular weight excluding hydrogens is 405 g/mol. The van der Waals surface area contributed by atoms with E-state index >= 15 is 0 Å². The Morgan fingerprint density at radius 1 is 1.20 bits per heavy atom. The molecule has 2 N–H and O–H groups in total. The lowest BCUT2D eigenvalue weighted by molar-refractivity contribution is -0.274. The van der Waals surface area contributed by atoms with Crippen molar-refractivity contribution in [3.05, 3.63) is 54.1 Å². The third-order valence-electron chi connectivity index (χ3n) is 4.36. The van der Waals surface area contributed by atoms with Gasteiger partial charge in [0.15, 0.2) is 6.61 Å². The van der Waals surface area contributed by atoms with E-state index in [1.807, 2.05) is 0 Å². The molecule has 7 nitrogen and oxygen atoms in total. The zero-order valence-electron chi connectivity index (χ0n) is 15.7. The number of amides is 2. The van der Waals surface area contributed by atoms with Crippen LogP contribution in [0.1, 0.15) is 18.1 Å². The molecule has 0 saturated carbocycles. The van der Waals surface area contributed by atoms with Gasteiger partial charge < -0.3 is 24.8 Å². The Labute approximate surface area is 170 Å². The number of nitrogens with zero attached hydrogens (tertiary/aromatic N) is 1. The lowest BCUT2D eigenvalue weighted by atomic mass is 10.1. The second kappa shape index (κ2) is 9.04. The first-order chi connectivity index (χ1) is 14.2. The molecule has 1 aliphatic rings. The Balaban J connectivity index is 1.48. The second-order valence-electron chi connectivity index (χ2n) is 6.49. The van der Waals surface area contributed by atoms with E-state index in [4.69, 9.17) is 4.74 Å². The van der Waals surface area contributed by atoms with Gasteiger partial charge in [-0.05, 0) is 29.8 Å². The van der Waals surface area contributed by atoms with Crippen LogP contribution < -0.4 is 19.7 Å². The molecule has 30 heavy (non-hydrogen) atoms. The number of aliphatic hydroxyl groups is 1. The zero-order valence-corrected chi connectivity index (χ0v) is 15.7. The third kappa shape index (κ3) is 5.63. The fraction of sp³-hybridized carbons (Fsp3) is 0.300. The lowest BCUT2D eigenvalue weighted by Crippen LogP contribution is -2.41. The Hall–Kier alpha value is -3.27. The summed E-state index contributed by atoms with van der Waals surface area (Å²) in [6.07, 6.45) is -5.90. The van der Waals surface area contributed by atoms with Crippen molar-refractivity contribution in [2.45, 2.75) is 18.9 Å². The summed E-state index contributed by atoms with van der Waals surface area (Å²) < 4.78 is 45.6. The normalized spacial score (nSPS) is 14.5. The van der Waals surface area contributed by atoms with Crippen LogP contribution in [0.25, 0.3) is 0 Å². The molecule has 0 fully saturated rings. The zero-order chi connectivity index (χ0) is 21.7. The first-order valence-electron chi connectivity index (χ1n) is 9.05. The number of anilines is 1. The van der Waals surface area contributed by atoms with Crippen LogP contribution in [-0.2, 0) is 9.59 Å². The standard InChI is InChI=1S/C20H19F3N2O5/c21-20(22,23)30-14-7-5-13(6-8-14)16(26)11-24-18(27)9-10-25-15-3-1-2-4-17(15)29-12-19(25)28/h1-8,16,26H,9-12H2,(H,24,27)/t16-/m0/s1. The minimum Gasteiger partial charge on any atom is -0.482 e. The van der Waals surface area contributed by atoms with Crippen LogP contribution in [0.4, 0.5) is 18.9 Å². The van der Waals surface area contributed by atoms with Gasteiger partial charge in [0.25, 0.3) is 5.91 Å². The molecule has 3 rings (SSSR count). The number of carbonyl (C=O) groups is 2. The van der Waals surface area contributed by atoms with E-state index in [9.17, 15) is 27.9 Å². The van der Waals surface area contributed by atoms with Gasteiger partial charge in [0.1, 0.15) is 11.5 Å². The lowest BCUT2D eigenvalue weighted by Gasteiger charge is -2.29. The highest BCUT2D eigenvalue weighted by Gasteiger charge is 2.31. The molecule has 1 atom stereocenters. The molecule has 0 spiro atoms. The van der Waals surface area contributed by atoms with Crippen molar-refractivity contribution >= 4 is 17.5 Å². The first-order valence-corrected chi connectivity index (χ1v) is 9.05. The van der Waals surface area contributed by atoms with Gasteiger partial charge in [0.2, 0.25) is 5.91 Å². The van der Waals surface area contributed by atoms with E-state index in [-0.39, 0.29) is 37.9 Å². The molecule has 2 aromatic rings. The molecular formula is C20H19F3N2O5. The molecule has 1 heterocycles. The van der Waals surface area contributed by atoms with Gasteiger partial charge in [0, 0.05) is 19.5 Å². The van der Waals surface area contributed by atoms with E-state index in [0.717, 1.165) is 12.1 Å². The van der Waals surface area contributed by atoms with Gasteiger partial charge in [-0.2, -0.15) is 0 Å². The SMILES string of the molecule is O=C(CCN1C(=O)COc2ccccc21)NC[C@H](O)c1ccc(OC(F)(F)F)cc1. The van der Waals surface area contributed by atoms with Crippen LogP contribution in [0.3, 0.4) is 0 Å². The van der Waals surface area contributed by atoms with Crippen LogP contribution >= 0.6 is 0 Å². The summed E-state index contributed by atoms with van der Waals surface area (Å²) in [6.45, 7) is -0.0953. The summed E-state index contributed by atoms with van der Waals surface area (Å²) in [5.41, 5.74) is 0.907. The number of aliphatic hydroxyl groups excluding tert-OH is 1. The van der Waals surface area contributed by atoms with Crippen LogP contribution in [0.2, 0.25) is 0 Å². The summed E-state index contributed by atoms with van der Waals surface area (Å²) in [7, 11) is 0. The van der Waals surface area contributed by atoms with Gasteiger partial charge in [-0.3, -0.25) is 9.59 Å². The summed E-state index contributed by atoms with van der Waals surface area (Å²) in [4.78, 5) is 25.7. The molecule has 0 aliphatic carbocycles. The van der Waals surface area contributed by atoms with Gasteiger partial charge in [-0.1, -0.05) is 24.3 Å². The number of ether oxygens (including phenoxy) is 2. The molecule has 0 saturated heterocycles. The number of alkyl halides is 3. The van der Waals surface area contributed by atoms with Gasteiger partial charge in [-0.25, -0.2) is 0 Å². The number of rotatable bonds is 7. The van der Waals surface area contributed by atoms with Crippen LogP contribution in [0.5, 0.6) is 11.5 Å². The Morgan fingerprint density at radius 3 is 2.60 bits per heavy atom. The maximum absolute atomic E-state index is 12.2. The average molecular weight is 424 g/mol. The minimum absolute atomic E-state index is 0.00511. The number of fused-ring (bicyclic) bond motifs is 1. The number of carbonyl (C=O) groups excluding carboxylic acids is 2. The summed E-state index contributed by atoms with van der Waals surface area (Å²) in [5, 5.41) is 12.7. The summed E-state index contributed by atoms with van der Waals surface area (Å²) >= 11 is 0. The smallest absolute Gasteiger partial charge is 0.482 e. The maximum Gasteiger partial charge on any atom is 0.573 e. The van der Waals surface area contributed by atoms with E-state index < -0.39 is 18.2 Å². The predicted octanol–water partition coefficient (Wildman–Crippen LogP) is 2.55. The fourth-order valence-corrected chi connectivity index (χ4v) is 2.92. The molecule has 0 unspecified atom stereocenters. The molecule has 0 bridgehead atoms.